The van der Waals surface area contributed by atoms with Crippen molar-refractivity contribution in [3.63, 3.8) is 0 Å². The molecule has 22 heavy (non-hydrogen) atoms. The van der Waals surface area contributed by atoms with E-state index in [4.69, 9.17) is 5.11 Å². The molecule has 0 aromatic heterocycles. The third-order valence-corrected chi connectivity index (χ3v) is 3.84. The number of carbonyl (C=O) groups excluding carboxylic acids is 2. The maximum atomic E-state index is 12.4. The summed E-state index contributed by atoms with van der Waals surface area (Å²) in [4.78, 5) is 38.3. The van der Waals surface area contributed by atoms with Crippen LogP contribution in [0.3, 0.4) is 0 Å². The lowest BCUT2D eigenvalue weighted by atomic mass is 9.97. The molecular weight excluding hydrogens is 284 g/mol. The summed E-state index contributed by atoms with van der Waals surface area (Å²) in [5.74, 6) is -1.66. The van der Waals surface area contributed by atoms with E-state index < -0.39 is 11.9 Å². The predicted octanol–water partition coefficient (Wildman–Crippen LogP) is 1.33. The second kappa shape index (κ2) is 6.60. The number of nitrogens with zero attached hydrogens (tertiary/aromatic N) is 2. The first kappa shape index (κ1) is 16.0. The number of piperidine rings is 1. The van der Waals surface area contributed by atoms with E-state index in [1.54, 1.807) is 43.3 Å². The van der Waals surface area contributed by atoms with Crippen LogP contribution in [0.4, 0.5) is 0 Å². The van der Waals surface area contributed by atoms with Crippen molar-refractivity contribution in [1.82, 2.24) is 9.80 Å². The summed E-state index contributed by atoms with van der Waals surface area (Å²) in [7, 11) is 3.34. The van der Waals surface area contributed by atoms with E-state index in [0.29, 0.717) is 30.5 Å². The molecule has 6 heteroatoms. The lowest BCUT2D eigenvalue weighted by Crippen LogP contribution is -2.42. The largest absolute Gasteiger partial charge is 0.481 e. The zero-order valence-corrected chi connectivity index (χ0v) is 12.8. The molecule has 118 valence electrons. The van der Waals surface area contributed by atoms with Crippen molar-refractivity contribution in [2.24, 2.45) is 5.92 Å². The molecule has 1 aliphatic heterocycles. The van der Waals surface area contributed by atoms with Gasteiger partial charge >= 0.3 is 5.97 Å². The van der Waals surface area contributed by atoms with Crippen molar-refractivity contribution in [1.29, 1.82) is 0 Å². The van der Waals surface area contributed by atoms with Crippen LogP contribution in [0, 0.1) is 5.92 Å². The highest BCUT2D eigenvalue weighted by molar-refractivity contribution is 5.97. The minimum absolute atomic E-state index is 0.122. The summed E-state index contributed by atoms with van der Waals surface area (Å²) >= 11 is 0. The average molecular weight is 304 g/mol. The van der Waals surface area contributed by atoms with Crippen LogP contribution in [-0.4, -0.2) is 59.9 Å². The molecule has 6 nitrogen and oxygen atoms in total. The number of amides is 2. The van der Waals surface area contributed by atoms with Gasteiger partial charge in [0.2, 0.25) is 0 Å². The van der Waals surface area contributed by atoms with Gasteiger partial charge in [0.15, 0.2) is 0 Å². The van der Waals surface area contributed by atoms with Crippen molar-refractivity contribution >= 4 is 17.8 Å². The molecule has 1 unspecified atom stereocenters. The molecule has 0 aliphatic carbocycles. The molecule has 1 aliphatic rings. The van der Waals surface area contributed by atoms with Crippen LogP contribution in [0.2, 0.25) is 0 Å². The SMILES string of the molecule is CN(C)C(=O)c1ccc(C(=O)N2CCCC(C(=O)O)C2)cc1. The highest BCUT2D eigenvalue weighted by Gasteiger charge is 2.28. The van der Waals surface area contributed by atoms with E-state index in [9.17, 15) is 14.4 Å². The van der Waals surface area contributed by atoms with Crippen LogP contribution in [0.25, 0.3) is 0 Å². The Bertz CT molecular complexity index is 580. The topological polar surface area (TPSA) is 77.9 Å². The summed E-state index contributed by atoms with van der Waals surface area (Å²) in [6.45, 7) is 0.813. The number of hydrogen-bond acceptors (Lipinski definition) is 3. The van der Waals surface area contributed by atoms with Gasteiger partial charge in [0.1, 0.15) is 0 Å². The first-order chi connectivity index (χ1) is 10.4. The zero-order chi connectivity index (χ0) is 16.3. The average Bonchev–Trinajstić information content (AvgIpc) is 2.53. The highest BCUT2D eigenvalue weighted by atomic mass is 16.4. The maximum absolute atomic E-state index is 12.4. The zero-order valence-electron chi connectivity index (χ0n) is 12.8. The Morgan fingerprint density at radius 2 is 1.73 bits per heavy atom. The molecule has 1 aromatic rings. The lowest BCUT2D eigenvalue weighted by Gasteiger charge is -2.30. The van der Waals surface area contributed by atoms with Gasteiger partial charge in [-0.25, -0.2) is 0 Å². The molecule has 1 aromatic carbocycles. The van der Waals surface area contributed by atoms with E-state index in [-0.39, 0.29) is 18.4 Å². The fourth-order valence-corrected chi connectivity index (χ4v) is 2.56. The molecule has 0 spiro atoms. The highest BCUT2D eigenvalue weighted by Crippen LogP contribution is 2.19. The second-order valence-electron chi connectivity index (χ2n) is 5.71. The molecule has 2 amide bonds. The summed E-state index contributed by atoms with van der Waals surface area (Å²) in [6.07, 6.45) is 1.30. The first-order valence-electron chi connectivity index (χ1n) is 7.24. The lowest BCUT2D eigenvalue weighted by molar-refractivity contribution is -0.143. The molecular formula is C16H20N2O4. The maximum Gasteiger partial charge on any atom is 0.308 e. The van der Waals surface area contributed by atoms with E-state index in [2.05, 4.69) is 0 Å². The van der Waals surface area contributed by atoms with Crippen LogP contribution in [0.15, 0.2) is 24.3 Å². The molecule has 0 saturated carbocycles. The second-order valence-corrected chi connectivity index (χ2v) is 5.71. The van der Waals surface area contributed by atoms with Crippen molar-refractivity contribution in [3.05, 3.63) is 35.4 Å². The van der Waals surface area contributed by atoms with Gasteiger partial charge in [0.25, 0.3) is 11.8 Å². The van der Waals surface area contributed by atoms with Gasteiger partial charge in [-0.2, -0.15) is 0 Å². The van der Waals surface area contributed by atoms with Gasteiger partial charge in [0, 0.05) is 38.3 Å². The summed E-state index contributed by atoms with van der Waals surface area (Å²) in [5, 5.41) is 9.08. The fourth-order valence-electron chi connectivity index (χ4n) is 2.56. The van der Waals surface area contributed by atoms with Gasteiger partial charge in [-0.1, -0.05) is 0 Å². The molecule has 0 bridgehead atoms. The van der Waals surface area contributed by atoms with Crippen LogP contribution in [-0.2, 0) is 4.79 Å². The number of aliphatic carboxylic acids is 1. The van der Waals surface area contributed by atoms with Crippen LogP contribution in [0.1, 0.15) is 33.6 Å². The van der Waals surface area contributed by atoms with Crippen molar-refractivity contribution < 1.29 is 19.5 Å². The van der Waals surface area contributed by atoms with E-state index >= 15 is 0 Å². The van der Waals surface area contributed by atoms with Gasteiger partial charge in [-0.05, 0) is 37.1 Å². The molecule has 0 radical (unpaired) electrons. The monoisotopic (exact) mass is 304 g/mol. The van der Waals surface area contributed by atoms with E-state index in [1.807, 2.05) is 0 Å². The summed E-state index contributed by atoms with van der Waals surface area (Å²) < 4.78 is 0. The molecule has 1 heterocycles. The predicted molar refractivity (Wildman–Crippen MR) is 80.7 cm³/mol. The Balaban J connectivity index is 2.09. The molecule has 1 saturated heterocycles. The van der Waals surface area contributed by atoms with Crippen molar-refractivity contribution in [2.75, 3.05) is 27.2 Å². The number of likely N-dealkylation sites (tertiary alicyclic amines) is 1. The molecule has 1 N–H and O–H groups in total. The fraction of sp³-hybridized carbons (Fsp3) is 0.438. The third kappa shape index (κ3) is 3.44. The number of hydrogen-bond donors (Lipinski definition) is 1. The number of carbonyl (C=O) groups is 3. The quantitative estimate of drug-likeness (QED) is 0.913. The number of carboxylic acid groups (broad SMARTS) is 1. The van der Waals surface area contributed by atoms with E-state index in [1.165, 1.54) is 4.90 Å². The Labute approximate surface area is 129 Å². The Morgan fingerprint density at radius 1 is 1.14 bits per heavy atom. The Hall–Kier alpha value is -2.37. The Morgan fingerprint density at radius 3 is 2.27 bits per heavy atom. The minimum atomic E-state index is -0.857. The van der Waals surface area contributed by atoms with Crippen molar-refractivity contribution in [3.8, 4) is 0 Å². The van der Waals surface area contributed by atoms with Crippen molar-refractivity contribution in [2.45, 2.75) is 12.8 Å². The van der Waals surface area contributed by atoms with Crippen LogP contribution in [0.5, 0.6) is 0 Å². The molecule has 1 fully saturated rings. The molecule has 2 rings (SSSR count). The van der Waals surface area contributed by atoms with Gasteiger partial charge in [-0.15, -0.1) is 0 Å². The Kier molecular flexibility index (Phi) is 4.80. The van der Waals surface area contributed by atoms with Gasteiger partial charge < -0.3 is 14.9 Å². The smallest absolute Gasteiger partial charge is 0.308 e. The standard InChI is InChI=1S/C16H20N2O4/c1-17(2)14(19)11-5-7-12(8-6-11)15(20)18-9-3-4-13(10-18)16(21)22/h5-8,13H,3-4,9-10H2,1-2H3,(H,21,22). The van der Waals surface area contributed by atoms with Crippen LogP contribution < -0.4 is 0 Å². The third-order valence-electron chi connectivity index (χ3n) is 3.84. The summed E-state index contributed by atoms with van der Waals surface area (Å²) in [5.41, 5.74) is 0.991. The van der Waals surface area contributed by atoms with E-state index in [0.717, 1.165) is 0 Å². The first-order valence-corrected chi connectivity index (χ1v) is 7.24. The summed E-state index contributed by atoms with van der Waals surface area (Å²) in [6, 6.07) is 6.47. The number of benzene rings is 1. The molecule has 1 atom stereocenters. The van der Waals surface area contributed by atoms with Crippen LogP contribution >= 0.6 is 0 Å². The van der Waals surface area contributed by atoms with Gasteiger partial charge in [0.05, 0.1) is 5.92 Å². The van der Waals surface area contributed by atoms with Gasteiger partial charge in [-0.3, -0.25) is 14.4 Å². The number of rotatable bonds is 3. The number of carboxylic acids is 1. The minimum Gasteiger partial charge on any atom is -0.481 e. The normalized spacial score (nSPS) is 17.9.